The fourth-order valence-electron chi connectivity index (χ4n) is 4.53. The first-order valence-corrected chi connectivity index (χ1v) is 10.1. The van der Waals surface area contributed by atoms with Crippen LogP contribution in [-0.2, 0) is 26.1 Å². The minimum Gasteiger partial charge on any atom is -0.345 e. The molecule has 0 unspecified atom stereocenters. The number of fused-ring (bicyclic) bond motifs is 2. The van der Waals surface area contributed by atoms with Gasteiger partial charge in [0.15, 0.2) is 0 Å². The lowest BCUT2D eigenvalue weighted by molar-refractivity contribution is 0.0932. The van der Waals surface area contributed by atoms with Gasteiger partial charge in [-0.2, -0.15) is 0 Å². The summed E-state index contributed by atoms with van der Waals surface area (Å²) in [7, 11) is 0. The number of amides is 1. The van der Waals surface area contributed by atoms with Crippen LogP contribution in [0.5, 0.6) is 0 Å². The zero-order valence-electron chi connectivity index (χ0n) is 16.2. The Kier molecular flexibility index (Phi) is 4.81. The Morgan fingerprint density at radius 3 is 2.66 bits per heavy atom. The van der Waals surface area contributed by atoms with E-state index in [-0.39, 0.29) is 5.91 Å². The van der Waals surface area contributed by atoms with Gasteiger partial charge in [-0.25, -0.2) is 0 Å². The molecule has 0 aliphatic carbocycles. The van der Waals surface area contributed by atoms with E-state index in [1.54, 1.807) is 0 Å². The third-order valence-corrected chi connectivity index (χ3v) is 5.97. The van der Waals surface area contributed by atoms with Crippen LogP contribution >= 0.6 is 0 Å². The highest BCUT2D eigenvalue weighted by molar-refractivity contribution is 5.90. The third-order valence-electron chi connectivity index (χ3n) is 5.97. The van der Waals surface area contributed by atoms with Gasteiger partial charge in [0.25, 0.3) is 5.91 Å². The van der Waals surface area contributed by atoms with Crippen molar-refractivity contribution in [3.63, 3.8) is 0 Å². The molecule has 4 heterocycles. The van der Waals surface area contributed by atoms with Crippen molar-refractivity contribution < 1.29 is 4.79 Å². The predicted octanol–water partition coefficient (Wildman–Crippen LogP) is 1.91. The average Bonchev–Trinajstić information content (AvgIpc) is 3.34. The van der Waals surface area contributed by atoms with Crippen molar-refractivity contribution in [2.24, 2.45) is 11.8 Å². The molecule has 1 aromatic carbocycles. The maximum absolute atomic E-state index is 12.7. The van der Waals surface area contributed by atoms with Crippen molar-refractivity contribution in [1.29, 1.82) is 0 Å². The first kappa shape index (κ1) is 18.0. The van der Waals surface area contributed by atoms with Gasteiger partial charge in [0, 0.05) is 51.5 Å². The highest BCUT2D eigenvalue weighted by Gasteiger charge is 2.39. The maximum Gasteiger partial charge on any atom is 0.289 e. The van der Waals surface area contributed by atoms with Gasteiger partial charge in [-0.15, -0.1) is 10.2 Å². The summed E-state index contributed by atoms with van der Waals surface area (Å²) in [6.45, 7) is 4.31. The standard InChI is InChI=1S/C22H24N6O/c29-22(24-11-16-5-2-1-3-6-16)21-26-25-20-9-18-13-27(14-19(18)15-28(20)21)12-17-7-4-8-23-10-17/h1-8,10,18-19H,9,11-15H2,(H,24,29)/t18-,19+/m1/s1. The second-order valence-corrected chi connectivity index (χ2v) is 8.00. The van der Waals surface area contributed by atoms with Gasteiger partial charge in [0.05, 0.1) is 0 Å². The van der Waals surface area contributed by atoms with Crippen LogP contribution in [0.3, 0.4) is 0 Å². The highest BCUT2D eigenvalue weighted by Crippen LogP contribution is 2.33. The Labute approximate surface area is 169 Å². The Balaban J connectivity index is 1.24. The normalized spacial score (nSPS) is 20.8. The van der Waals surface area contributed by atoms with Crippen molar-refractivity contribution in [2.45, 2.75) is 26.1 Å². The lowest BCUT2D eigenvalue weighted by Gasteiger charge is -2.25. The van der Waals surface area contributed by atoms with E-state index >= 15 is 0 Å². The summed E-state index contributed by atoms with van der Waals surface area (Å²) in [5, 5.41) is 11.5. The quantitative estimate of drug-likeness (QED) is 0.723. The molecule has 0 bridgehead atoms. The second kappa shape index (κ2) is 7.75. The molecule has 1 amide bonds. The van der Waals surface area contributed by atoms with E-state index in [1.165, 1.54) is 5.56 Å². The Morgan fingerprint density at radius 1 is 1.00 bits per heavy atom. The van der Waals surface area contributed by atoms with Crippen LogP contribution in [0.25, 0.3) is 0 Å². The monoisotopic (exact) mass is 388 g/mol. The number of hydrogen-bond acceptors (Lipinski definition) is 5. The molecule has 0 spiro atoms. The first-order chi connectivity index (χ1) is 14.3. The first-order valence-electron chi connectivity index (χ1n) is 10.1. The number of carbonyl (C=O) groups is 1. The summed E-state index contributed by atoms with van der Waals surface area (Å²) in [5.41, 5.74) is 2.31. The van der Waals surface area contributed by atoms with Crippen molar-refractivity contribution in [2.75, 3.05) is 13.1 Å². The zero-order valence-corrected chi connectivity index (χ0v) is 16.2. The van der Waals surface area contributed by atoms with Gasteiger partial charge in [-0.3, -0.25) is 14.7 Å². The molecule has 0 radical (unpaired) electrons. The van der Waals surface area contributed by atoms with E-state index in [1.807, 2.05) is 53.4 Å². The molecule has 148 valence electrons. The van der Waals surface area contributed by atoms with Crippen LogP contribution in [0.4, 0.5) is 0 Å². The molecule has 2 aliphatic rings. The number of nitrogens with zero attached hydrogens (tertiary/aromatic N) is 5. The largest absolute Gasteiger partial charge is 0.345 e. The molecular formula is C22H24N6O. The van der Waals surface area contributed by atoms with Gasteiger partial charge in [0.1, 0.15) is 5.82 Å². The molecule has 0 saturated carbocycles. The highest BCUT2D eigenvalue weighted by atomic mass is 16.2. The molecule has 2 aliphatic heterocycles. The van der Waals surface area contributed by atoms with E-state index in [4.69, 9.17) is 0 Å². The number of benzene rings is 1. The van der Waals surface area contributed by atoms with Crippen LogP contribution in [0.15, 0.2) is 54.9 Å². The Bertz CT molecular complexity index is 987. The number of carbonyl (C=O) groups excluding carboxylic acids is 1. The second-order valence-electron chi connectivity index (χ2n) is 8.00. The number of hydrogen-bond donors (Lipinski definition) is 1. The summed E-state index contributed by atoms with van der Waals surface area (Å²) in [6.07, 6.45) is 4.63. The van der Waals surface area contributed by atoms with Crippen LogP contribution in [0.1, 0.15) is 27.6 Å². The number of rotatable bonds is 5. The van der Waals surface area contributed by atoms with Crippen LogP contribution in [-0.4, -0.2) is 43.6 Å². The summed E-state index contributed by atoms with van der Waals surface area (Å²) >= 11 is 0. The number of nitrogens with one attached hydrogen (secondary N) is 1. The van der Waals surface area contributed by atoms with Gasteiger partial charge >= 0.3 is 0 Å². The van der Waals surface area contributed by atoms with Crippen LogP contribution in [0, 0.1) is 11.8 Å². The molecule has 1 fully saturated rings. The average molecular weight is 388 g/mol. The van der Waals surface area contributed by atoms with E-state index in [0.717, 1.165) is 44.0 Å². The van der Waals surface area contributed by atoms with E-state index in [2.05, 4.69) is 31.5 Å². The summed E-state index contributed by atoms with van der Waals surface area (Å²) in [5.74, 6) is 2.30. The summed E-state index contributed by atoms with van der Waals surface area (Å²) in [6, 6.07) is 14.0. The summed E-state index contributed by atoms with van der Waals surface area (Å²) < 4.78 is 2.02. The van der Waals surface area contributed by atoms with Gasteiger partial charge < -0.3 is 9.88 Å². The molecule has 7 heteroatoms. The number of pyridine rings is 1. The Hall–Kier alpha value is -3.06. The van der Waals surface area contributed by atoms with Crippen molar-refractivity contribution in [1.82, 2.24) is 30.0 Å². The summed E-state index contributed by atoms with van der Waals surface area (Å²) in [4.78, 5) is 19.4. The SMILES string of the molecule is O=C(NCc1ccccc1)c1nnc2n1C[C@@H]1CN(Cc3cccnc3)C[C@H]1C2. The smallest absolute Gasteiger partial charge is 0.289 e. The minimum atomic E-state index is -0.156. The Morgan fingerprint density at radius 2 is 1.83 bits per heavy atom. The molecule has 2 atom stereocenters. The van der Waals surface area contributed by atoms with Crippen LogP contribution < -0.4 is 5.32 Å². The van der Waals surface area contributed by atoms with Gasteiger partial charge in [-0.1, -0.05) is 36.4 Å². The molecular weight excluding hydrogens is 364 g/mol. The van der Waals surface area contributed by atoms with Crippen LogP contribution in [0.2, 0.25) is 0 Å². The lowest BCUT2D eigenvalue weighted by Crippen LogP contribution is -2.32. The number of likely N-dealkylation sites (tertiary alicyclic amines) is 1. The topological polar surface area (TPSA) is 75.9 Å². The molecule has 5 rings (SSSR count). The molecule has 1 N–H and O–H groups in total. The molecule has 3 aromatic rings. The molecule has 1 saturated heterocycles. The molecule has 7 nitrogen and oxygen atoms in total. The number of aromatic nitrogens is 4. The van der Waals surface area contributed by atoms with Crippen molar-refractivity contribution in [3.8, 4) is 0 Å². The predicted molar refractivity (Wildman–Crippen MR) is 108 cm³/mol. The zero-order chi connectivity index (χ0) is 19.6. The van der Waals surface area contributed by atoms with Crippen molar-refractivity contribution in [3.05, 3.63) is 77.6 Å². The van der Waals surface area contributed by atoms with Crippen molar-refractivity contribution >= 4 is 5.91 Å². The van der Waals surface area contributed by atoms with E-state index in [9.17, 15) is 4.79 Å². The van der Waals surface area contributed by atoms with Gasteiger partial charge in [0.2, 0.25) is 5.82 Å². The molecule has 2 aromatic heterocycles. The fourth-order valence-corrected chi connectivity index (χ4v) is 4.53. The minimum absolute atomic E-state index is 0.156. The lowest BCUT2D eigenvalue weighted by atomic mass is 9.89. The van der Waals surface area contributed by atoms with E-state index < -0.39 is 0 Å². The maximum atomic E-state index is 12.7. The van der Waals surface area contributed by atoms with Gasteiger partial charge in [-0.05, 0) is 29.0 Å². The van der Waals surface area contributed by atoms with E-state index in [0.29, 0.717) is 24.2 Å². The molecule has 29 heavy (non-hydrogen) atoms. The third kappa shape index (κ3) is 3.78. The fraction of sp³-hybridized carbons (Fsp3) is 0.364.